The van der Waals surface area contributed by atoms with Crippen molar-refractivity contribution in [3.05, 3.63) is 30.1 Å². The number of rotatable bonds is 2. The predicted octanol–water partition coefficient (Wildman–Crippen LogP) is 1.63. The standard InChI is InChI=1S/C11H10FNO4/c12-7-3-1-2-4-8(7)13-6-5-9(10(14)15)17-11(13)16/h1-4,9H,5-6H2,(H,14,15). The van der Waals surface area contributed by atoms with Crippen molar-refractivity contribution in [1.82, 2.24) is 0 Å². The van der Waals surface area contributed by atoms with E-state index in [0.29, 0.717) is 0 Å². The quantitative estimate of drug-likeness (QED) is 0.851. The first kappa shape index (κ1) is 11.4. The molecule has 1 saturated heterocycles. The van der Waals surface area contributed by atoms with Crippen LogP contribution in [0.25, 0.3) is 0 Å². The van der Waals surface area contributed by atoms with Crippen LogP contribution in [0.3, 0.4) is 0 Å². The molecule has 1 N–H and O–H groups in total. The lowest BCUT2D eigenvalue weighted by molar-refractivity contribution is -0.147. The Bertz CT molecular complexity index is 463. The van der Waals surface area contributed by atoms with Crippen molar-refractivity contribution in [1.29, 1.82) is 0 Å². The lowest BCUT2D eigenvalue weighted by Crippen LogP contribution is -2.45. The van der Waals surface area contributed by atoms with Crippen LogP contribution in [0, 0.1) is 5.82 Å². The predicted molar refractivity (Wildman–Crippen MR) is 56.3 cm³/mol. The molecule has 1 aromatic carbocycles. The Kier molecular flexibility index (Phi) is 2.95. The average Bonchev–Trinajstić information content (AvgIpc) is 2.30. The highest BCUT2D eigenvalue weighted by Gasteiger charge is 2.33. The molecule has 1 heterocycles. The molecule has 1 amide bonds. The molecule has 2 rings (SSSR count). The summed E-state index contributed by atoms with van der Waals surface area (Å²) < 4.78 is 18.1. The first-order valence-corrected chi connectivity index (χ1v) is 5.05. The monoisotopic (exact) mass is 239 g/mol. The van der Waals surface area contributed by atoms with Gasteiger partial charge in [-0.3, -0.25) is 4.90 Å². The number of ether oxygens (including phenoxy) is 1. The van der Waals surface area contributed by atoms with E-state index in [0.717, 1.165) is 4.90 Å². The Morgan fingerprint density at radius 3 is 2.76 bits per heavy atom. The van der Waals surface area contributed by atoms with Gasteiger partial charge in [0.2, 0.25) is 6.10 Å². The van der Waals surface area contributed by atoms with Crippen LogP contribution in [-0.2, 0) is 9.53 Å². The van der Waals surface area contributed by atoms with E-state index in [2.05, 4.69) is 0 Å². The molecule has 1 aliphatic rings. The number of carbonyl (C=O) groups excluding carboxylic acids is 1. The summed E-state index contributed by atoms with van der Waals surface area (Å²) in [6.45, 7) is 0.122. The van der Waals surface area contributed by atoms with E-state index in [1.54, 1.807) is 6.07 Å². The van der Waals surface area contributed by atoms with Crippen molar-refractivity contribution in [2.75, 3.05) is 11.4 Å². The number of hydrogen-bond donors (Lipinski definition) is 1. The summed E-state index contributed by atoms with van der Waals surface area (Å²) in [5, 5.41) is 8.70. The Labute approximate surface area is 96.4 Å². The fourth-order valence-corrected chi connectivity index (χ4v) is 1.65. The van der Waals surface area contributed by atoms with Crippen LogP contribution in [0.15, 0.2) is 24.3 Å². The van der Waals surface area contributed by atoms with Gasteiger partial charge in [-0.2, -0.15) is 0 Å². The number of carboxylic acids is 1. The van der Waals surface area contributed by atoms with Crippen molar-refractivity contribution in [3.8, 4) is 0 Å². The highest BCUT2D eigenvalue weighted by Crippen LogP contribution is 2.23. The summed E-state index contributed by atoms with van der Waals surface area (Å²) >= 11 is 0. The fourth-order valence-electron chi connectivity index (χ4n) is 1.65. The lowest BCUT2D eigenvalue weighted by Gasteiger charge is -2.29. The van der Waals surface area contributed by atoms with Gasteiger partial charge in [0.25, 0.3) is 0 Å². The molecule has 0 aliphatic carbocycles. The second kappa shape index (κ2) is 4.40. The molecule has 1 fully saturated rings. The van der Waals surface area contributed by atoms with E-state index in [1.807, 2.05) is 0 Å². The molecule has 1 atom stereocenters. The molecule has 0 aromatic heterocycles. The number of cyclic esters (lactones) is 1. The molecule has 5 nitrogen and oxygen atoms in total. The molecule has 0 saturated carbocycles. The normalized spacial score (nSPS) is 19.9. The van der Waals surface area contributed by atoms with Crippen molar-refractivity contribution in [2.45, 2.75) is 12.5 Å². The minimum atomic E-state index is -1.19. The van der Waals surface area contributed by atoms with Gasteiger partial charge < -0.3 is 9.84 Å². The number of benzene rings is 1. The Balaban J connectivity index is 2.18. The number of hydrogen-bond acceptors (Lipinski definition) is 3. The van der Waals surface area contributed by atoms with Gasteiger partial charge >= 0.3 is 12.1 Å². The maximum absolute atomic E-state index is 13.4. The van der Waals surface area contributed by atoms with Gasteiger partial charge in [0.05, 0.1) is 5.69 Å². The SMILES string of the molecule is O=C(O)C1CCN(c2ccccc2F)C(=O)O1. The molecule has 6 heteroatoms. The van der Waals surface area contributed by atoms with Gasteiger partial charge in [-0.1, -0.05) is 12.1 Å². The van der Waals surface area contributed by atoms with Crippen LogP contribution >= 0.6 is 0 Å². The molecule has 0 bridgehead atoms. The van der Waals surface area contributed by atoms with Crippen LogP contribution in [-0.4, -0.2) is 29.8 Å². The van der Waals surface area contributed by atoms with Gasteiger partial charge in [-0.15, -0.1) is 0 Å². The van der Waals surface area contributed by atoms with Gasteiger partial charge in [0.1, 0.15) is 5.82 Å². The van der Waals surface area contributed by atoms with E-state index < -0.39 is 24.0 Å². The Morgan fingerprint density at radius 2 is 2.18 bits per heavy atom. The van der Waals surface area contributed by atoms with E-state index in [4.69, 9.17) is 9.84 Å². The van der Waals surface area contributed by atoms with Crippen LogP contribution in [0.1, 0.15) is 6.42 Å². The molecule has 17 heavy (non-hydrogen) atoms. The third-order valence-corrected chi connectivity index (χ3v) is 2.50. The zero-order valence-electron chi connectivity index (χ0n) is 8.80. The lowest BCUT2D eigenvalue weighted by atomic mass is 10.2. The number of para-hydroxylation sites is 1. The summed E-state index contributed by atoms with van der Waals surface area (Å²) in [6, 6.07) is 5.77. The van der Waals surface area contributed by atoms with Crippen molar-refractivity contribution < 1.29 is 23.8 Å². The van der Waals surface area contributed by atoms with Crippen molar-refractivity contribution >= 4 is 17.7 Å². The van der Waals surface area contributed by atoms with Gasteiger partial charge in [0, 0.05) is 13.0 Å². The van der Waals surface area contributed by atoms with Crippen LogP contribution in [0.2, 0.25) is 0 Å². The minimum absolute atomic E-state index is 0.0985. The van der Waals surface area contributed by atoms with Gasteiger partial charge in [-0.25, -0.2) is 14.0 Å². The summed E-state index contributed by atoms with van der Waals surface area (Å²) in [6.07, 6.45) is -1.85. The largest absolute Gasteiger partial charge is 0.479 e. The van der Waals surface area contributed by atoms with Crippen LogP contribution < -0.4 is 4.90 Å². The summed E-state index contributed by atoms with van der Waals surface area (Å²) in [7, 11) is 0. The third-order valence-electron chi connectivity index (χ3n) is 2.50. The van der Waals surface area contributed by atoms with Gasteiger partial charge in [0.15, 0.2) is 0 Å². The molecule has 90 valence electrons. The van der Waals surface area contributed by atoms with Crippen LogP contribution in [0.4, 0.5) is 14.9 Å². The zero-order valence-corrected chi connectivity index (χ0v) is 8.80. The number of halogens is 1. The zero-order chi connectivity index (χ0) is 12.4. The Morgan fingerprint density at radius 1 is 1.47 bits per heavy atom. The smallest absolute Gasteiger partial charge is 0.415 e. The number of anilines is 1. The van der Waals surface area contributed by atoms with Crippen LogP contribution in [0.5, 0.6) is 0 Å². The van der Waals surface area contributed by atoms with Crippen molar-refractivity contribution in [3.63, 3.8) is 0 Å². The fraction of sp³-hybridized carbons (Fsp3) is 0.273. The number of carboxylic acid groups (broad SMARTS) is 1. The maximum Gasteiger partial charge on any atom is 0.415 e. The summed E-state index contributed by atoms with van der Waals surface area (Å²) in [5.41, 5.74) is 0.0985. The molecular formula is C11H10FNO4. The Hall–Kier alpha value is -2.11. The number of aliphatic carboxylic acids is 1. The molecule has 0 spiro atoms. The maximum atomic E-state index is 13.4. The first-order chi connectivity index (χ1) is 8.09. The first-order valence-electron chi connectivity index (χ1n) is 5.05. The minimum Gasteiger partial charge on any atom is -0.479 e. The molecule has 0 radical (unpaired) electrons. The number of nitrogens with zero attached hydrogens (tertiary/aromatic N) is 1. The molecular weight excluding hydrogens is 229 g/mol. The van der Waals surface area contributed by atoms with Crippen molar-refractivity contribution in [2.24, 2.45) is 0 Å². The summed E-state index contributed by atoms with van der Waals surface area (Å²) in [5.74, 6) is -1.73. The van der Waals surface area contributed by atoms with E-state index in [9.17, 15) is 14.0 Å². The van der Waals surface area contributed by atoms with E-state index >= 15 is 0 Å². The van der Waals surface area contributed by atoms with E-state index in [-0.39, 0.29) is 18.7 Å². The second-order valence-corrected chi connectivity index (χ2v) is 3.60. The highest BCUT2D eigenvalue weighted by atomic mass is 19.1. The molecule has 1 unspecified atom stereocenters. The van der Waals surface area contributed by atoms with Gasteiger partial charge in [-0.05, 0) is 12.1 Å². The second-order valence-electron chi connectivity index (χ2n) is 3.60. The molecule has 1 aromatic rings. The highest BCUT2D eigenvalue weighted by molar-refractivity contribution is 5.90. The topological polar surface area (TPSA) is 66.8 Å². The van der Waals surface area contributed by atoms with E-state index in [1.165, 1.54) is 18.2 Å². The molecule has 1 aliphatic heterocycles. The number of carbonyl (C=O) groups is 2. The number of amides is 1. The average molecular weight is 239 g/mol. The summed E-state index contributed by atoms with van der Waals surface area (Å²) in [4.78, 5) is 23.3. The third kappa shape index (κ3) is 2.20.